The molecule has 0 aliphatic heterocycles. The number of nitrogens with zero attached hydrogens (tertiary/aromatic N) is 1. The van der Waals surface area contributed by atoms with Crippen LogP contribution in [-0.2, 0) is 0 Å². The maximum Gasteiger partial charge on any atom is 0.0467 e. The average Bonchev–Trinajstić information content (AvgIpc) is 3.24. The van der Waals surface area contributed by atoms with Gasteiger partial charge in [0.05, 0.1) is 0 Å². The number of benzene rings is 10. The van der Waals surface area contributed by atoms with Gasteiger partial charge >= 0.3 is 0 Å². The highest BCUT2D eigenvalue weighted by Crippen LogP contribution is 2.40. The van der Waals surface area contributed by atoms with Crippen molar-refractivity contribution in [3.63, 3.8) is 0 Å². The first-order chi connectivity index (χ1) is 26.3. The van der Waals surface area contributed by atoms with Gasteiger partial charge in [0.2, 0.25) is 0 Å². The first-order valence-electron chi connectivity index (χ1n) is 18.3. The molecule has 0 saturated carbocycles. The van der Waals surface area contributed by atoms with Crippen LogP contribution in [0.1, 0.15) is 0 Å². The van der Waals surface area contributed by atoms with Crippen molar-refractivity contribution in [2.45, 2.75) is 0 Å². The zero-order valence-electron chi connectivity index (χ0n) is 29.2. The molecular weight excluding hydrogens is 639 g/mol. The van der Waals surface area contributed by atoms with Crippen molar-refractivity contribution < 1.29 is 0 Å². The minimum absolute atomic E-state index is 1.11. The molecule has 10 aromatic carbocycles. The predicted molar refractivity (Wildman–Crippen MR) is 227 cm³/mol. The fraction of sp³-hybridized carbons (Fsp3) is 0. The molecule has 0 unspecified atom stereocenters. The molecule has 248 valence electrons. The SMILES string of the molecule is c1ccc(N(c2ccc(-c3ccc4c5ccccc5c5ccccc5c4c3)cc2)c2cccc(-c3cccc(-c4cccc5ccccc45)c3)c2)cc1. The van der Waals surface area contributed by atoms with Crippen molar-refractivity contribution in [3.8, 4) is 33.4 Å². The molecule has 0 spiro atoms. The van der Waals surface area contributed by atoms with Crippen molar-refractivity contribution in [1.29, 1.82) is 0 Å². The summed E-state index contributed by atoms with van der Waals surface area (Å²) >= 11 is 0. The monoisotopic (exact) mass is 673 g/mol. The summed E-state index contributed by atoms with van der Waals surface area (Å²) in [6.45, 7) is 0. The van der Waals surface area contributed by atoms with Crippen LogP contribution in [0.15, 0.2) is 212 Å². The van der Waals surface area contributed by atoms with Crippen LogP contribution in [0.4, 0.5) is 17.1 Å². The van der Waals surface area contributed by atoms with E-state index in [1.807, 2.05) is 0 Å². The summed E-state index contributed by atoms with van der Waals surface area (Å²) in [5, 5.41) is 10.3. The number of para-hydroxylation sites is 1. The highest BCUT2D eigenvalue weighted by molar-refractivity contribution is 6.25. The van der Waals surface area contributed by atoms with Gasteiger partial charge in [0, 0.05) is 17.1 Å². The van der Waals surface area contributed by atoms with Gasteiger partial charge < -0.3 is 4.90 Å². The molecule has 0 N–H and O–H groups in total. The van der Waals surface area contributed by atoms with E-state index in [-0.39, 0.29) is 0 Å². The van der Waals surface area contributed by atoms with Gasteiger partial charge in [0.1, 0.15) is 0 Å². The highest BCUT2D eigenvalue weighted by Gasteiger charge is 2.15. The summed E-state index contributed by atoms with van der Waals surface area (Å²) in [5.74, 6) is 0. The molecule has 0 aromatic heterocycles. The fourth-order valence-electron chi connectivity index (χ4n) is 8.08. The fourth-order valence-corrected chi connectivity index (χ4v) is 8.08. The van der Waals surface area contributed by atoms with Crippen molar-refractivity contribution in [2.75, 3.05) is 4.90 Å². The molecular formula is C52H35N. The van der Waals surface area contributed by atoms with Crippen LogP contribution in [0.25, 0.3) is 76.5 Å². The lowest BCUT2D eigenvalue weighted by molar-refractivity contribution is 1.28. The van der Waals surface area contributed by atoms with Crippen molar-refractivity contribution >= 4 is 60.2 Å². The lowest BCUT2D eigenvalue weighted by Gasteiger charge is -2.26. The number of fused-ring (bicyclic) bond motifs is 7. The normalized spacial score (nSPS) is 11.4. The standard InChI is InChI=1S/C52H35N/c1-2-18-42(19-3-1)53(44-20-11-16-39(34-44)38-15-10-17-41(33-38)46-26-12-14-37-13-4-5-21-45(37)46)43-30-27-36(28-31-43)40-29-32-51-49-24-7-6-22-47(49)48-23-8-9-25-50(48)52(51)35-40/h1-35H. The highest BCUT2D eigenvalue weighted by atomic mass is 15.1. The molecule has 53 heavy (non-hydrogen) atoms. The van der Waals surface area contributed by atoms with Gasteiger partial charge in [-0.2, -0.15) is 0 Å². The Morgan fingerprint density at radius 2 is 0.698 bits per heavy atom. The molecule has 10 aromatic rings. The lowest BCUT2D eigenvalue weighted by Crippen LogP contribution is -2.09. The van der Waals surface area contributed by atoms with Gasteiger partial charge in [-0.05, 0) is 125 Å². The number of anilines is 3. The van der Waals surface area contributed by atoms with Gasteiger partial charge in [-0.1, -0.05) is 164 Å². The molecule has 0 radical (unpaired) electrons. The Balaban J connectivity index is 1.03. The third kappa shape index (κ3) is 5.51. The van der Waals surface area contributed by atoms with Crippen molar-refractivity contribution in [3.05, 3.63) is 212 Å². The minimum Gasteiger partial charge on any atom is -0.310 e. The van der Waals surface area contributed by atoms with E-state index in [2.05, 4.69) is 217 Å². The third-order valence-electron chi connectivity index (χ3n) is 10.6. The predicted octanol–water partition coefficient (Wildman–Crippen LogP) is 14.8. The van der Waals surface area contributed by atoms with E-state index in [1.165, 1.54) is 76.5 Å². The maximum atomic E-state index is 2.36. The van der Waals surface area contributed by atoms with Crippen LogP contribution in [-0.4, -0.2) is 0 Å². The smallest absolute Gasteiger partial charge is 0.0467 e. The second-order valence-corrected chi connectivity index (χ2v) is 13.7. The summed E-state index contributed by atoms with van der Waals surface area (Å²) < 4.78 is 0. The molecule has 0 aliphatic rings. The summed E-state index contributed by atoms with van der Waals surface area (Å²) in [7, 11) is 0. The summed E-state index contributed by atoms with van der Waals surface area (Å²) in [6, 6.07) is 77.1. The molecule has 0 heterocycles. The summed E-state index contributed by atoms with van der Waals surface area (Å²) in [5.41, 5.74) is 10.6. The van der Waals surface area contributed by atoms with E-state index in [4.69, 9.17) is 0 Å². The first-order valence-corrected chi connectivity index (χ1v) is 18.3. The van der Waals surface area contributed by atoms with Gasteiger partial charge in [-0.15, -0.1) is 0 Å². The topological polar surface area (TPSA) is 3.24 Å². The number of hydrogen-bond donors (Lipinski definition) is 0. The molecule has 0 atom stereocenters. The van der Waals surface area contributed by atoms with E-state index in [0.717, 1.165) is 17.1 Å². The lowest BCUT2D eigenvalue weighted by atomic mass is 9.92. The van der Waals surface area contributed by atoms with E-state index in [9.17, 15) is 0 Å². The molecule has 0 amide bonds. The van der Waals surface area contributed by atoms with E-state index >= 15 is 0 Å². The summed E-state index contributed by atoms with van der Waals surface area (Å²) in [4.78, 5) is 2.35. The van der Waals surface area contributed by atoms with E-state index in [1.54, 1.807) is 0 Å². The Hall–Kier alpha value is -6.96. The van der Waals surface area contributed by atoms with Crippen LogP contribution in [0, 0.1) is 0 Å². The van der Waals surface area contributed by atoms with Gasteiger partial charge in [0.15, 0.2) is 0 Å². The van der Waals surface area contributed by atoms with E-state index < -0.39 is 0 Å². The van der Waals surface area contributed by atoms with Crippen LogP contribution < -0.4 is 4.90 Å². The van der Waals surface area contributed by atoms with Crippen molar-refractivity contribution in [2.24, 2.45) is 0 Å². The largest absolute Gasteiger partial charge is 0.310 e. The molecule has 0 aliphatic carbocycles. The molecule has 10 rings (SSSR count). The minimum atomic E-state index is 1.11. The molecule has 0 saturated heterocycles. The average molecular weight is 674 g/mol. The van der Waals surface area contributed by atoms with Gasteiger partial charge in [-0.3, -0.25) is 0 Å². The Morgan fingerprint density at radius 3 is 1.43 bits per heavy atom. The Labute approximate surface area is 309 Å². The van der Waals surface area contributed by atoms with Gasteiger partial charge in [-0.25, -0.2) is 0 Å². The number of rotatable bonds is 6. The first kappa shape index (κ1) is 30.8. The third-order valence-corrected chi connectivity index (χ3v) is 10.6. The Bertz CT molecular complexity index is 2900. The molecule has 1 nitrogen and oxygen atoms in total. The van der Waals surface area contributed by atoms with Crippen LogP contribution in [0.5, 0.6) is 0 Å². The van der Waals surface area contributed by atoms with Crippen LogP contribution in [0.3, 0.4) is 0 Å². The summed E-state index contributed by atoms with van der Waals surface area (Å²) in [6.07, 6.45) is 0. The second-order valence-electron chi connectivity index (χ2n) is 13.7. The van der Waals surface area contributed by atoms with Crippen LogP contribution >= 0.6 is 0 Å². The second kappa shape index (κ2) is 13.0. The molecule has 0 fully saturated rings. The van der Waals surface area contributed by atoms with Gasteiger partial charge in [0.25, 0.3) is 0 Å². The Kier molecular flexibility index (Phi) is 7.55. The van der Waals surface area contributed by atoms with Crippen molar-refractivity contribution in [1.82, 2.24) is 0 Å². The molecule has 1 heteroatoms. The molecule has 0 bridgehead atoms. The maximum absolute atomic E-state index is 2.36. The zero-order valence-corrected chi connectivity index (χ0v) is 29.2. The van der Waals surface area contributed by atoms with E-state index in [0.29, 0.717) is 0 Å². The number of hydrogen-bond acceptors (Lipinski definition) is 1. The van der Waals surface area contributed by atoms with Crippen LogP contribution in [0.2, 0.25) is 0 Å². The zero-order chi connectivity index (χ0) is 35.1. The quantitative estimate of drug-likeness (QED) is 0.159. The Morgan fingerprint density at radius 1 is 0.226 bits per heavy atom.